The molecule has 1 aromatic rings. The molecule has 0 unspecified atom stereocenters. The molecule has 0 fully saturated rings. The molecule has 4 heteroatoms. The maximum absolute atomic E-state index is 10.8. The maximum atomic E-state index is 10.8. The number of benzene rings is 1. The number of nitrogens with one attached hydrogen (secondary N) is 2. The third-order valence-electron chi connectivity index (χ3n) is 1.66. The second-order valence-electron chi connectivity index (χ2n) is 2.76. The van der Waals surface area contributed by atoms with Gasteiger partial charge in [-0.15, -0.1) is 0 Å². The summed E-state index contributed by atoms with van der Waals surface area (Å²) in [4.78, 5) is 10.8. The number of rotatable bonds is 2. The Balaban J connectivity index is 3.12. The summed E-state index contributed by atoms with van der Waals surface area (Å²) < 4.78 is 0. The lowest BCUT2D eigenvalue weighted by molar-refractivity contribution is -0.114. The second kappa shape index (κ2) is 3.80. The monoisotopic (exact) mass is 177 g/mol. The van der Waals surface area contributed by atoms with Crippen LogP contribution >= 0.6 is 0 Å². The third kappa shape index (κ3) is 2.11. The summed E-state index contributed by atoms with van der Waals surface area (Å²) in [6.45, 7) is 3.27. The Hall–Kier alpha value is -1.71. The number of nitrogens with zero attached hydrogens (tertiary/aromatic N) is 1. The van der Waals surface area contributed by atoms with Crippen LogP contribution in [0.5, 0.6) is 0 Å². The molecule has 1 rings (SSSR count). The van der Waals surface area contributed by atoms with Crippen molar-refractivity contribution in [3.8, 4) is 0 Å². The highest BCUT2D eigenvalue weighted by atomic mass is 16.1. The van der Waals surface area contributed by atoms with Crippen LogP contribution in [0.2, 0.25) is 0 Å². The zero-order chi connectivity index (χ0) is 9.84. The smallest absolute Gasteiger partial charge is 0.221 e. The number of hydrogen-bond donors (Lipinski definition) is 2. The summed E-state index contributed by atoms with van der Waals surface area (Å²) in [5.41, 5.74) is 8.92. The SMILES string of the molecule is CC(=O)Nc1cccc(C)c1N=N. The maximum Gasteiger partial charge on any atom is 0.221 e. The average molecular weight is 177 g/mol. The Morgan fingerprint density at radius 2 is 2.23 bits per heavy atom. The number of carbonyl (C=O) groups is 1. The fourth-order valence-electron chi connectivity index (χ4n) is 1.10. The lowest BCUT2D eigenvalue weighted by atomic mass is 10.2. The van der Waals surface area contributed by atoms with Crippen molar-refractivity contribution in [3.63, 3.8) is 0 Å². The van der Waals surface area contributed by atoms with Crippen molar-refractivity contribution in [2.75, 3.05) is 5.32 Å². The molecule has 0 aliphatic rings. The Morgan fingerprint density at radius 1 is 1.54 bits per heavy atom. The molecule has 0 bridgehead atoms. The van der Waals surface area contributed by atoms with Crippen molar-refractivity contribution in [1.82, 2.24) is 0 Å². The second-order valence-corrected chi connectivity index (χ2v) is 2.76. The highest BCUT2D eigenvalue weighted by molar-refractivity contribution is 5.92. The summed E-state index contributed by atoms with van der Waals surface area (Å²) in [7, 11) is 0. The molecule has 0 saturated carbocycles. The van der Waals surface area contributed by atoms with Gasteiger partial charge in [-0.2, -0.15) is 5.11 Å². The van der Waals surface area contributed by atoms with Gasteiger partial charge in [0.05, 0.1) is 5.69 Å². The van der Waals surface area contributed by atoms with E-state index in [2.05, 4.69) is 10.4 Å². The fraction of sp³-hybridized carbons (Fsp3) is 0.222. The molecule has 0 saturated heterocycles. The van der Waals surface area contributed by atoms with E-state index in [1.807, 2.05) is 19.1 Å². The van der Waals surface area contributed by atoms with Gasteiger partial charge in [-0.3, -0.25) is 4.79 Å². The van der Waals surface area contributed by atoms with Gasteiger partial charge < -0.3 is 5.32 Å². The Morgan fingerprint density at radius 3 is 2.77 bits per heavy atom. The number of amides is 1. The Bertz CT molecular complexity index is 347. The molecule has 0 aromatic heterocycles. The minimum Gasteiger partial charge on any atom is -0.324 e. The number of para-hydroxylation sites is 1. The minimum atomic E-state index is -0.157. The molecule has 0 aliphatic carbocycles. The number of anilines is 1. The van der Waals surface area contributed by atoms with Gasteiger partial charge in [-0.1, -0.05) is 12.1 Å². The van der Waals surface area contributed by atoms with Gasteiger partial charge in [0, 0.05) is 6.92 Å². The minimum absolute atomic E-state index is 0.157. The highest BCUT2D eigenvalue weighted by Crippen LogP contribution is 2.28. The van der Waals surface area contributed by atoms with Crippen LogP contribution < -0.4 is 5.32 Å². The van der Waals surface area contributed by atoms with Crippen molar-refractivity contribution >= 4 is 17.3 Å². The lowest BCUT2D eigenvalue weighted by Crippen LogP contribution is -2.05. The van der Waals surface area contributed by atoms with E-state index in [0.29, 0.717) is 11.4 Å². The average Bonchev–Trinajstić information content (AvgIpc) is 2.03. The topological polar surface area (TPSA) is 65.3 Å². The Labute approximate surface area is 76.5 Å². The first-order chi connectivity index (χ1) is 6.15. The van der Waals surface area contributed by atoms with E-state index in [1.165, 1.54) is 6.92 Å². The van der Waals surface area contributed by atoms with Gasteiger partial charge in [-0.05, 0) is 18.6 Å². The summed E-state index contributed by atoms with van der Waals surface area (Å²) in [5, 5.41) is 5.97. The molecule has 2 N–H and O–H groups in total. The normalized spacial score (nSPS) is 9.38. The standard InChI is InChI=1S/C9H11N3O/c1-6-4-3-5-8(9(6)12-10)11-7(2)13/h3-5,10H,1-2H3,(H,11,13). The number of carbonyl (C=O) groups excluding carboxylic acids is 1. The summed E-state index contributed by atoms with van der Waals surface area (Å²) in [5.74, 6) is -0.157. The van der Waals surface area contributed by atoms with E-state index in [9.17, 15) is 4.79 Å². The zero-order valence-corrected chi connectivity index (χ0v) is 7.59. The fourth-order valence-corrected chi connectivity index (χ4v) is 1.10. The Kier molecular flexibility index (Phi) is 2.74. The van der Waals surface area contributed by atoms with Crippen LogP contribution in [0.15, 0.2) is 23.3 Å². The molecular formula is C9H11N3O. The predicted molar refractivity (Wildman–Crippen MR) is 50.3 cm³/mol. The van der Waals surface area contributed by atoms with E-state index >= 15 is 0 Å². The van der Waals surface area contributed by atoms with Crippen LogP contribution in [0.4, 0.5) is 11.4 Å². The molecule has 0 spiro atoms. The molecule has 0 radical (unpaired) electrons. The quantitative estimate of drug-likeness (QED) is 0.670. The van der Waals surface area contributed by atoms with Crippen LogP contribution in [0.1, 0.15) is 12.5 Å². The molecule has 0 aliphatic heterocycles. The van der Waals surface area contributed by atoms with Crippen LogP contribution in [0.3, 0.4) is 0 Å². The molecule has 1 aromatic carbocycles. The molecule has 4 nitrogen and oxygen atoms in total. The van der Waals surface area contributed by atoms with Crippen molar-refractivity contribution in [2.24, 2.45) is 5.11 Å². The summed E-state index contributed by atoms with van der Waals surface area (Å²) in [6, 6.07) is 5.38. The van der Waals surface area contributed by atoms with E-state index in [0.717, 1.165) is 5.56 Å². The molecule has 13 heavy (non-hydrogen) atoms. The lowest BCUT2D eigenvalue weighted by Gasteiger charge is -2.06. The first-order valence-corrected chi connectivity index (χ1v) is 3.90. The molecule has 0 atom stereocenters. The van der Waals surface area contributed by atoms with Crippen LogP contribution in [0.25, 0.3) is 0 Å². The van der Waals surface area contributed by atoms with Crippen molar-refractivity contribution in [2.45, 2.75) is 13.8 Å². The van der Waals surface area contributed by atoms with Crippen LogP contribution in [0, 0.1) is 12.5 Å². The van der Waals surface area contributed by atoms with Gasteiger partial charge in [0.15, 0.2) is 0 Å². The van der Waals surface area contributed by atoms with Crippen molar-refractivity contribution < 1.29 is 4.79 Å². The van der Waals surface area contributed by atoms with E-state index in [1.54, 1.807) is 6.07 Å². The largest absolute Gasteiger partial charge is 0.324 e. The van der Waals surface area contributed by atoms with Gasteiger partial charge in [0.2, 0.25) is 5.91 Å². The summed E-state index contributed by atoms with van der Waals surface area (Å²) >= 11 is 0. The van der Waals surface area contributed by atoms with Crippen LogP contribution in [-0.2, 0) is 4.79 Å². The van der Waals surface area contributed by atoms with E-state index < -0.39 is 0 Å². The summed E-state index contributed by atoms with van der Waals surface area (Å²) in [6.07, 6.45) is 0. The van der Waals surface area contributed by atoms with E-state index in [4.69, 9.17) is 5.53 Å². The van der Waals surface area contributed by atoms with Gasteiger partial charge in [0.1, 0.15) is 5.69 Å². The predicted octanol–water partition coefficient (Wildman–Crippen LogP) is 2.62. The molecular weight excluding hydrogens is 166 g/mol. The van der Waals surface area contributed by atoms with Crippen molar-refractivity contribution in [1.29, 1.82) is 5.53 Å². The first kappa shape index (κ1) is 9.38. The molecule has 1 amide bonds. The van der Waals surface area contributed by atoms with Crippen LogP contribution in [-0.4, -0.2) is 5.91 Å². The zero-order valence-electron chi connectivity index (χ0n) is 7.59. The highest BCUT2D eigenvalue weighted by Gasteiger charge is 2.04. The van der Waals surface area contributed by atoms with Crippen molar-refractivity contribution in [3.05, 3.63) is 23.8 Å². The third-order valence-corrected chi connectivity index (χ3v) is 1.66. The van der Waals surface area contributed by atoms with Gasteiger partial charge >= 0.3 is 0 Å². The number of hydrogen-bond acceptors (Lipinski definition) is 3. The van der Waals surface area contributed by atoms with Gasteiger partial charge in [0.25, 0.3) is 0 Å². The molecule has 0 heterocycles. The first-order valence-electron chi connectivity index (χ1n) is 3.90. The van der Waals surface area contributed by atoms with E-state index in [-0.39, 0.29) is 5.91 Å². The number of aryl methyl sites for hydroxylation is 1. The molecule has 68 valence electrons. The van der Waals surface area contributed by atoms with Gasteiger partial charge in [-0.25, -0.2) is 5.53 Å².